The summed E-state index contributed by atoms with van der Waals surface area (Å²) < 4.78 is -0.479. The molecule has 3 aliphatic rings. The molecule has 0 aromatic rings. The van der Waals surface area contributed by atoms with E-state index in [9.17, 15) is 4.79 Å². The monoisotopic (exact) mass is 216 g/mol. The normalized spacial score (nSPS) is 40.3. The highest BCUT2D eigenvalue weighted by atomic mass is 35.5. The first-order valence-corrected chi connectivity index (χ1v) is 5.44. The summed E-state index contributed by atoms with van der Waals surface area (Å²) in [5.74, 6) is 1.24. The van der Waals surface area contributed by atoms with Gasteiger partial charge in [-0.25, -0.2) is 0 Å². The molecule has 0 bridgehead atoms. The van der Waals surface area contributed by atoms with Gasteiger partial charge < -0.3 is 0 Å². The summed E-state index contributed by atoms with van der Waals surface area (Å²) in [4.78, 5) is 11.2. The molecule has 1 nitrogen and oxygen atoms in total. The quantitative estimate of drug-likeness (QED) is 0.450. The number of hydrogen-bond donors (Lipinski definition) is 0. The third kappa shape index (κ3) is 1.04. The Hall–Kier alpha value is -0.0100. The van der Waals surface area contributed by atoms with Crippen LogP contribution in [0.25, 0.3) is 0 Å². The molecule has 2 atom stereocenters. The van der Waals surface area contributed by atoms with Crippen molar-refractivity contribution in [2.24, 2.45) is 11.8 Å². The van der Waals surface area contributed by atoms with Crippen LogP contribution in [-0.4, -0.2) is 10.1 Å². The summed E-state index contributed by atoms with van der Waals surface area (Å²) in [7, 11) is 0. The number of Topliss-reactive ketones (excluding diaryl/α,β-unsaturated/α-hetero) is 1. The Kier molecular flexibility index (Phi) is 1.48. The highest BCUT2D eigenvalue weighted by molar-refractivity contribution is 6.51. The molecule has 0 heterocycles. The zero-order valence-corrected chi connectivity index (χ0v) is 8.66. The van der Waals surface area contributed by atoms with Crippen LogP contribution in [0.3, 0.4) is 0 Å². The van der Waals surface area contributed by atoms with Crippen LogP contribution in [-0.2, 0) is 4.79 Å². The van der Waals surface area contributed by atoms with E-state index >= 15 is 0 Å². The van der Waals surface area contributed by atoms with Crippen molar-refractivity contribution in [2.75, 3.05) is 0 Å². The standard InChI is InChI=1S/C10H10Cl2O/c11-10(12)8-3-5-1-7(13)2-6(5)4-9(8)10/h8-9H,1-4H2. The molecule has 2 unspecified atom stereocenters. The lowest BCUT2D eigenvalue weighted by Crippen LogP contribution is -1.96. The van der Waals surface area contributed by atoms with Gasteiger partial charge in [0, 0.05) is 24.7 Å². The molecule has 1 saturated carbocycles. The van der Waals surface area contributed by atoms with Crippen LogP contribution < -0.4 is 0 Å². The molecular formula is C10H10Cl2O. The predicted molar refractivity (Wildman–Crippen MR) is 51.9 cm³/mol. The van der Waals surface area contributed by atoms with E-state index in [1.165, 1.54) is 11.1 Å². The van der Waals surface area contributed by atoms with E-state index < -0.39 is 4.33 Å². The molecule has 3 heteroatoms. The summed E-state index contributed by atoms with van der Waals surface area (Å²) in [5, 5.41) is 0. The Bertz CT molecular complexity index is 302. The van der Waals surface area contributed by atoms with Crippen LogP contribution in [0.2, 0.25) is 0 Å². The van der Waals surface area contributed by atoms with E-state index in [2.05, 4.69) is 0 Å². The number of alkyl halides is 2. The predicted octanol–water partition coefficient (Wildman–Crippen LogP) is 2.86. The first kappa shape index (κ1) is 8.31. The van der Waals surface area contributed by atoms with E-state index in [1.54, 1.807) is 0 Å². The van der Waals surface area contributed by atoms with Gasteiger partial charge in [0.15, 0.2) is 0 Å². The van der Waals surface area contributed by atoms with Crippen LogP contribution in [0.15, 0.2) is 11.1 Å². The third-order valence-electron chi connectivity index (χ3n) is 3.62. The Labute approximate surface area is 87.1 Å². The van der Waals surface area contributed by atoms with Crippen molar-refractivity contribution in [1.29, 1.82) is 0 Å². The minimum Gasteiger partial charge on any atom is -0.299 e. The molecule has 70 valence electrons. The van der Waals surface area contributed by atoms with Gasteiger partial charge in [-0.2, -0.15) is 0 Å². The Balaban J connectivity index is 1.85. The number of allylic oxidation sites excluding steroid dienone is 2. The summed E-state index contributed by atoms with van der Waals surface area (Å²) in [6.45, 7) is 0. The molecule has 0 saturated heterocycles. The molecule has 0 radical (unpaired) electrons. The maximum Gasteiger partial charge on any atom is 0.140 e. The van der Waals surface area contributed by atoms with Crippen LogP contribution in [0.1, 0.15) is 25.7 Å². The number of fused-ring (bicyclic) bond motifs is 1. The van der Waals surface area contributed by atoms with Gasteiger partial charge in [-0.1, -0.05) is 11.1 Å². The number of rotatable bonds is 0. The van der Waals surface area contributed by atoms with Gasteiger partial charge in [0.1, 0.15) is 10.1 Å². The van der Waals surface area contributed by atoms with Crippen molar-refractivity contribution in [3.8, 4) is 0 Å². The SMILES string of the molecule is O=C1CC2=C(C1)CC1C(C2)C1(Cl)Cl. The molecule has 0 aromatic heterocycles. The second-order valence-corrected chi connectivity index (χ2v) is 5.84. The van der Waals surface area contributed by atoms with Gasteiger partial charge in [-0.05, 0) is 12.8 Å². The average Bonchev–Trinajstić information content (AvgIpc) is 2.43. The van der Waals surface area contributed by atoms with Gasteiger partial charge >= 0.3 is 0 Å². The number of carbonyl (C=O) groups is 1. The molecule has 0 spiro atoms. The van der Waals surface area contributed by atoms with Crippen molar-refractivity contribution in [3.05, 3.63) is 11.1 Å². The lowest BCUT2D eigenvalue weighted by atomic mass is 9.94. The molecule has 3 aliphatic carbocycles. The minimum absolute atomic E-state index is 0.376. The summed E-state index contributed by atoms with van der Waals surface area (Å²) in [6.07, 6.45) is 3.28. The van der Waals surface area contributed by atoms with Crippen LogP contribution >= 0.6 is 23.2 Å². The lowest BCUT2D eigenvalue weighted by molar-refractivity contribution is -0.117. The molecule has 1 fully saturated rings. The Morgan fingerprint density at radius 3 is 2.00 bits per heavy atom. The first-order valence-electron chi connectivity index (χ1n) is 4.68. The summed E-state index contributed by atoms with van der Waals surface area (Å²) >= 11 is 12.2. The van der Waals surface area contributed by atoms with Gasteiger partial charge in [-0.3, -0.25) is 4.79 Å². The van der Waals surface area contributed by atoms with Gasteiger partial charge in [0.25, 0.3) is 0 Å². The summed E-state index contributed by atoms with van der Waals surface area (Å²) in [6, 6.07) is 0. The highest BCUT2D eigenvalue weighted by Crippen LogP contribution is 2.67. The van der Waals surface area contributed by atoms with Crippen molar-refractivity contribution in [3.63, 3.8) is 0 Å². The second-order valence-electron chi connectivity index (χ2n) is 4.40. The van der Waals surface area contributed by atoms with Crippen molar-refractivity contribution >= 4 is 29.0 Å². The minimum atomic E-state index is -0.479. The molecule has 0 N–H and O–H groups in total. The van der Waals surface area contributed by atoms with Crippen molar-refractivity contribution < 1.29 is 4.79 Å². The van der Waals surface area contributed by atoms with E-state index in [1.807, 2.05) is 0 Å². The van der Waals surface area contributed by atoms with Gasteiger partial charge in [0.2, 0.25) is 0 Å². The molecule has 3 rings (SSSR count). The zero-order chi connectivity index (χ0) is 9.22. The van der Waals surface area contributed by atoms with Gasteiger partial charge in [-0.15, -0.1) is 23.2 Å². The molecule has 13 heavy (non-hydrogen) atoms. The van der Waals surface area contributed by atoms with Crippen molar-refractivity contribution in [1.82, 2.24) is 0 Å². The van der Waals surface area contributed by atoms with Crippen LogP contribution in [0, 0.1) is 11.8 Å². The fourth-order valence-corrected chi connectivity index (χ4v) is 3.56. The molecule has 0 aliphatic heterocycles. The lowest BCUT2D eigenvalue weighted by Gasteiger charge is -2.10. The van der Waals surface area contributed by atoms with E-state index in [0.29, 0.717) is 30.5 Å². The number of ketones is 1. The molecule has 0 aromatic carbocycles. The van der Waals surface area contributed by atoms with Gasteiger partial charge in [0.05, 0.1) is 0 Å². The number of hydrogen-bond acceptors (Lipinski definition) is 1. The van der Waals surface area contributed by atoms with E-state index in [-0.39, 0.29) is 0 Å². The second kappa shape index (κ2) is 2.32. The fraction of sp³-hybridized carbons (Fsp3) is 0.700. The number of halogens is 2. The Morgan fingerprint density at radius 2 is 1.54 bits per heavy atom. The third-order valence-corrected chi connectivity index (χ3v) is 4.74. The smallest absolute Gasteiger partial charge is 0.140 e. The molecule has 0 amide bonds. The van der Waals surface area contributed by atoms with Crippen molar-refractivity contribution in [2.45, 2.75) is 30.0 Å². The van der Waals surface area contributed by atoms with E-state index in [0.717, 1.165) is 12.8 Å². The topological polar surface area (TPSA) is 17.1 Å². The zero-order valence-electron chi connectivity index (χ0n) is 7.15. The fourth-order valence-electron chi connectivity index (χ4n) is 2.77. The first-order chi connectivity index (χ1) is 6.09. The highest BCUT2D eigenvalue weighted by Gasteiger charge is 2.64. The van der Waals surface area contributed by atoms with E-state index in [4.69, 9.17) is 23.2 Å². The Morgan fingerprint density at radius 1 is 1.08 bits per heavy atom. The van der Waals surface area contributed by atoms with Crippen LogP contribution in [0.4, 0.5) is 0 Å². The molecular weight excluding hydrogens is 207 g/mol. The van der Waals surface area contributed by atoms with Crippen LogP contribution in [0.5, 0.6) is 0 Å². The largest absolute Gasteiger partial charge is 0.299 e. The maximum absolute atomic E-state index is 11.2. The number of carbonyl (C=O) groups excluding carboxylic acids is 1. The average molecular weight is 217 g/mol. The maximum atomic E-state index is 11.2. The summed E-state index contributed by atoms with van der Waals surface area (Å²) in [5.41, 5.74) is 2.68.